The van der Waals surface area contributed by atoms with Crippen LogP contribution in [0.2, 0.25) is 0 Å². The number of nitrogen functional groups attached to an aromatic ring is 1. The molecule has 0 saturated carbocycles. The van der Waals surface area contributed by atoms with Gasteiger partial charge >= 0.3 is 0 Å². The lowest BCUT2D eigenvalue weighted by Gasteiger charge is -2.39. The van der Waals surface area contributed by atoms with Gasteiger partial charge in [0.25, 0.3) is 0 Å². The van der Waals surface area contributed by atoms with Gasteiger partial charge in [-0.2, -0.15) is 9.61 Å². The van der Waals surface area contributed by atoms with Crippen molar-refractivity contribution in [3.63, 3.8) is 0 Å². The molecule has 200 valence electrons. The van der Waals surface area contributed by atoms with Crippen LogP contribution < -0.4 is 10.5 Å². The van der Waals surface area contributed by atoms with Crippen LogP contribution in [0.1, 0.15) is 54.6 Å². The molecule has 1 amide bonds. The summed E-state index contributed by atoms with van der Waals surface area (Å²) in [5.74, 6) is 0.345. The lowest BCUT2D eigenvalue weighted by Crippen LogP contribution is -2.48. The number of nitrogens with one attached hydrogen (secondary N) is 1. The standard InChI is InChI=1S/C29H31N7O2S/c1-17(37)26-27(20-12-21-9-10-22(13-20)35(21)25(38)16-33-39-2)34-29-23(15-32-36(29)28(26)30)19-8-11-24(31-14-19)18-6-4-3-5-7-18/h3-8,11,14-15,20-22,33H,9-10,12-13,16,30H2,1-2H3/t20?,21-,22?/m0/s1. The number of carbonyl (C=O) groups excluding carboxylic acids is 2. The molecular weight excluding hydrogens is 510 g/mol. The van der Waals surface area contributed by atoms with E-state index in [1.54, 1.807) is 10.7 Å². The highest BCUT2D eigenvalue weighted by Gasteiger charge is 2.44. The van der Waals surface area contributed by atoms with E-state index in [9.17, 15) is 9.59 Å². The molecular formula is C29H31N7O2S. The fourth-order valence-electron chi connectivity index (χ4n) is 6.26. The zero-order valence-electron chi connectivity index (χ0n) is 22.0. The van der Waals surface area contributed by atoms with E-state index in [1.165, 1.54) is 18.9 Å². The van der Waals surface area contributed by atoms with Gasteiger partial charge in [-0.15, -0.1) is 0 Å². The first-order valence-electron chi connectivity index (χ1n) is 13.2. The van der Waals surface area contributed by atoms with Crippen LogP contribution >= 0.6 is 11.9 Å². The van der Waals surface area contributed by atoms with Gasteiger partial charge in [0.15, 0.2) is 11.4 Å². The number of hydrogen-bond acceptors (Lipinski definition) is 8. The van der Waals surface area contributed by atoms with Gasteiger partial charge in [-0.05, 0) is 44.9 Å². The summed E-state index contributed by atoms with van der Waals surface area (Å²) in [6, 6.07) is 14.3. The van der Waals surface area contributed by atoms with Crippen molar-refractivity contribution in [1.82, 2.24) is 29.2 Å². The quantitative estimate of drug-likeness (QED) is 0.262. The van der Waals surface area contributed by atoms with Gasteiger partial charge in [-0.1, -0.05) is 48.3 Å². The van der Waals surface area contributed by atoms with Crippen molar-refractivity contribution in [3.05, 3.63) is 66.1 Å². The van der Waals surface area contributed by atoms with E-state index >= 15 is 0 Å². The van der Waals surface area contributed by atoms with E-state index < -0.39 is 0 Å². The van der Waals surface area contributed by atoms with Crippen molar-refractivity contribution in [2.75, 3.05) is 18.5 Å². The van der Waals surface area contributed by atoms with Gasteiger partial charge in [-0.3, -0.25) is 19.3 Å². The molecule has 5 heterocycles. The van der Waals surface area contributed by atoms with Crippen LogP contribution in [0.3, 0.4) is 0 Å². The number of benzene rings is 1. The predicted octanol–water partition coefficient (Wildman–Crippen LogP) is 4.35. The fourth-order valence-corrected chi connectivity index (χ4v) is 6.53. The van der Waals surface area contributed by atoms with Crippen molar-refractivity contribution in [3.8, 4) is 22.4 Å². The lowest BCUT2D eigenvalue weighted by atomic mass is 9.85. The molecule has 0 aliphatic carbocycles. The molecule has 2 aliphatic heterocycles. The third-order valence-electron chi connectivity index (χ3n) is 7.98. The van der Waals surface area contributed by atoms with Gasteiger partial charge in [-0.25, -0.2) is 4.98 Å². The minimum Gasteiger partial charge on any atom is -0.383 e. The van der Waals surface area contributed by atoms with Crippen LogP contribution in [-0.4, -0.2) is 61.1 Å². The third-order valence-corrected chi connectivity index (χ3v) is 8.42. The molecule has 3 N–H and O–H groups in total. The smallest absolute Gasteiger partial charge is 0.237 e. The second-order valence-corrected chi connectivity index (χ2v) is 11.0. The molecule has 2 saturated heterocycles. The summed E-state index contributed by atoms with van der Waals surface area (Å²) < 4.78 is 4.63. The first-order valence-corrected chi connectivity index (χ1v) is 14.5. The van der Waals surface area contributed by atoms with Crippen LogP contribution in [0.25, 0.3) is 28.0 Å². The minimum absolute atomic E-state index is 0.0348. The highest BCUT2D eigenvalue weighted by Crippen LogP contribution is 2.44. The van der Waals surface area contributed by atoms with E-state index in [0.29, 0.717) is 29.3 Å². The second-order valence-electron chi connectivity index (χ2n) is 10.3. The maximum Gasteiger partial charge on any atom is 0.237 e. The Bertz CT molecular complexity index is 1520. The van der Waals surface area contributed by atoms with Gasteiger partial charge < -0.3 is 10.6 Å². The Morgan fingerprint density at radius 2 is 1.79 bits per heavy atom. The molecule has 3 atom stereocenters. The number of nitrogens with two attached hydrogens (primary N) is 1. The normalized spacial score (nSPS) is 20.5. The molecule has 4 aromatic rings. The van der Waals surface area contributed by atoms with Crippen LogP contribution in [0.5, 0.6) is 0 Å². The highest BCUT2D eigenvalue weighted by atomic mass is 32.2. The van der Waals surface area contributed by atoms with Crippen molar-refractivity contribution in [2.24, 2.45) is 0 Å². The van der Waals surface area contributed by atoms with Crippen LogP contribution in [0.15, 0.2) is 54.9 Å². The second kappa shape index (κ2) is 10.4. The number of carbonyl (C=O) groups is 2. The number of piperidine rings is 1. The molecule has 0 radical (unpaired) electrons. The van der Waals surface area contributed by atoms with Crippen LogP contribution in [0.4, 0.5) is 5.82 Å². The Morgan fingerprint density at radius 1 is 1.05 bits per heavy atom. The number of amides is 1. The van der Waals surface area contributed by atoms with Gasteiger partial charge in [0.2, 0.25) is 5.91 Å². The topological polar surface area (TPSA) is 119 Å². The first-order chi connectivity index (χ1) is 19.0. The Morgan fingerprint density at radius 3 is 2.44 bits per heavy atom. The molecule has 10 heteroatoms. The number of aromatic nitrogens is 4. The first kappa shape index (κ1) is 25.5. The number of Topliss-reactive ketones (excluding diaryl/α,β-unsaturated/α-hetero) is 1. The molecule has 1 aromatic carbocycles. The number of nitrogens with zero attached hydrogens (tertiary/aromatic N) is 5. The summed E-state index contributed by atoms with van der Waals surface area (Å²) >= 11 is 1.45. The molecule has 9 nitrogen and oxygen atoms in total. The summed E-state index contributed by atoms with van der Waals surface area (Å²) in [4.78, 5) is 37.5. The maximum absolute atomic E-state index is 12.9. The van der Waals surface area contributed by atoms with Gasteiger partial charge in [0, 0.05) is 40.9 Å². The zero-order chi connectivity index (χ0) is 27.1. The SMILES string of the molecule is CSNCC(=O)N1C2CC[C@H]1CC(c1nc3c(-c4ccc(-c5ccccc5)nc4)cnn3c(N)c1C(C)=O)C2. The lowest BCUT2D eigenvalue weighted by molar-refractivity contribution is -0.134. The van der Waals surface area contributed by atoms with Crippen LogP contribution in [-0.2, 0) is 4.79 Å². The van der Waals surface area contributed by atoms with Crippen molar-refractivity contribution in [1.29, 1.82) is 0 Å². The molecule has 6 rings (SSSR count). The number of pyridine rings is 1. The Balaban J connectivity index is 1.36. The van der Waals surface area contributed by atoms with E-state index in [4.69, 9.17) is 10.7 Å². The van der Waals surface area contributed by atoms with Crippen LogP contribution in [0, 0.1) is 0 Å². The van der Waals surface area contributed by atoms with Gasteiger partial charge in [0.1, 0.15) is 5.82 Å². The summed E-state index contributed by atoms with van der Waals surface area (Å²) in [5, 5.41) is 4.50. The number of rotatable bonds is 7. The minimum atomic E-state index is -0.127. The Labute approximate surface area is 231 Å². The predicted molar refractivity (Wildman–Crippen MR) is 153 cm³/mol. The molecule has 2 bridgehead atoms. The number of fused-ring (bicyclic) bond motifs is 3. The molecule has 2 fully saturated rings. The average molecular weight is 542 g/mol. The molecule has 39 heavy (non-hydrogen) atoms. The summed E-state index contributed by atoms with van der Waals surface area (Å²) in [6.45, 7) is 1.85. The average Bonchev–Trinajstić information content (AvgIpc) is 3.50. The van der Waals surface area contributed by atoms with E-state index in [-0.39, 0.29) is 29.7 Å². The molecule has 2 aliphatic rings. The van der Waals surface area contributed by atoms with Gasteiger partial charge in [0.05, 0.1) is 29.7 Å². The van der Waals surface area contributed by atoms with Crippen molar-refractivity contribution >= 4 is 35.1 Å². The zero-order valence-corrected chi connectivity index (χ0v) is 22.8. The van der Waals surface area contributed by atoms with Crippen molar-refractivity contribution in [2.45, 2.75) is 50.6 Å². The maximum atomic E-state index is 12.9. The molecule has 3 aromatic heterocycles. The third kappa shape index (κ3) is 4.57. The molecule has 2 unspecified atom stereocenters. The number of ketones is 1. The molecule has 0 spiro atoms. The number of hydrogen-bond donors (Lipinski definition) is 2. The summed E-state index contributed by atoms with van der Waals surface area (Å²) in [6.07, 6.45) is 8.94. The van der Waals surface area contributed by atoms with E-state index in [2.05, 4.69) is 19.7 Å². The largest absolute Gasteiger partial charge is 0.383 e. The highest BCUT2D eigenvalue weighted by molar-refractivity contribution is 7.96. The summed E-state index contributed by atoms with van der Waals surface area (Å²) in [5.41, 5.74) is 12.0. The van der Waals surface area contributed by atoms with E-state index in [0.717, 1.165) is 48.1 Å². The summed E-state index contributed by atoms with van der Waals surface area (Å²) in [7, 11) is 0. The van der Waals surface area contributed by atoms with E-state index in [1.807, 2.05) is 54.9 Å². The monoisotopic (exact) mass is 541 g/mol. The van der Waals surface area contributed by atoms with Crippen molar-refractivity contribution < 1.29 is 9.59 Å². The Hall–Kier alpha value is -3.76. The number of anilines is 1. The fraction of sp³-hybridized carbons (Fsp3) is 0.345. The Kier molecular flexibility index (Phi) is 6.82.